The van der Waals surface area contributed by atoms with E-state index >= 15 is 0 Å². The first-order chi connectivity index (χ1) is 11.9. The number of aromatic nitrogens is 1. The zero-order valence-corrected chi connectivity index (χ0v) is 16.3. The van der Waals surface area contributed by atoms with Crippen molar-refractivity contribution in [1.29, 1.82) is 0 Å². The third-order valence-electron chi connectivity index (χ3n) is 3.44. The molecule has 0 bridgehead atoms. The Labute approximate surface area is 161 Å². The predicted octanol–water partition coefficient (Wildman–Crippen LogP) is 1.53. The molecule has 2 heterocycles. The summed E-state index contributed by atoms with van der Waals surface area (Å²) in [7, 11) is -3.30. The highest BCUT2D eigenvalue weighted by Gasteiger charge is 2.22. The van der Waals surface area contributed by atoms with Crippen LogP contribution in [0.15, 0.2) is 29.6 Å². The maximum atomic E-state index is 12.1. The number of sulfonamides is 1. The number of thiazole rings is 1. The molecule has 1 amide bonds. The molecule has 1 aliphatic rings. The van der Waals surface area contributed by atoms with Gasteiger partial charge in [0.15, 0.2) is 5.13 Å². The van der Waals surface area contributed by atoms with Crippen molar-refractivity contribution in [3.63, 3.8) is 0 Å². The quantitative estimate of drug-likeness (QED) is 0.679. The van der Waals surface area contributed by atoms with Gasteiger partial charge in [-0.1, -0.05) is 12.1 Å². The standard InChI is InChI=1S/C15H18N4O4S2.ClH/c1-25(21,22)19-11-4-2-10(3-5-11)12-9-24-15(17-12)18-14(20)13-8-16-6-7-23-13;/h2-5,9,13,16,19H,6-8H2,1H3,(H,17,18,20);1H. The SMILES string of the molecule is CS(=O)(=O)Nc1ccc(-c2csc(NC(=O)C3CNCCO3)n2)cc1.Cl. The van der Waals surface area contributed by atoms with Gasteiger partial charge in [0.2, 0.25) is 10.0 Å². The molecule has 3 rings (SSSR count). The fraction of sp³-hybridized carbons (Fsp3) is 0.333. The van der Waals surface area contributed by atoms with Gasteiger partial charge in [0.25, 0.3) is 5.91 Å². The van der Waals surface area contributed by atoms with Crippen LogP contribution in [0.1, 0.15) is 0 Å². The highest BCUT2D eigenvalue weighted by atomic mass is 35.5. The van der Waals surface area contributed by atoms with E-state index in [0.717, 1.165) is 18.4 Å². The minimum absolute atomic E-state index is 0. The van der Waals surface area contributed by atoms with Gasteiger partial charge in [-0.05, 0) is 12.1 Å². The molecule has 26 heavy (non-hydrogen) atoms. The summed E-state index contributed by atoms with van der Waals surface area (Å²) in [6, 6.07) is 6.86. The van der Waals surface area contributed by atoms with Crippen LogP contribution in [0.3, 0.4) is 0 Å². The molecule has 0 saturated carbocycles. The topological polar surface area (TPSA) is 109 Å². The van der Waals surface area contributed by atoms with Crippen molar-refractivity contribution >= 4 is 50.5 Å². The number of ether oxygens (including phenoxy) is 1. The van der Waals surface area contributed by atoms with Crippen molar-refractivity contribution in [1.82, 2.24) is 10.3 Å². The summed E-state index contributed by atoms with van der Waals surface area (Å²) in [5.74, 6) is -0.221. The summed E-state index contributed by atoms with van der Waals surface area (Å²) in [6.07, 6.45) is 0.587. The van der Waals surface area contributed by atoms with Gasteiger partial charge in [-0.15, -0.1) is 23.7 Å². The van der Waals surface area contributed by atoms with E-state index in [-0.39, 0.29) is 18.3 Å². The summed E-state index contributed by atoms with van der Waals surface area (Å²) in [4.78, 5) is 16.5. The first-order valence-electron chi connectivity index (χ1n) is 7.58. The molecule has 1 atom stereocenters. The van der Waals surface area contributed by atoms with Crippen LogP contribution >= 0.6 is 23.7 Å². The van der Waals surface area contributed by atoms with Crippen molar-refractivity contribution < 1.29 is 17.9 Å². The Balaban J connectivity index is 0.00000243. The van der Waals surface area contributed by atoms with Crippen molar-refractivity contribution in [2.24, 2.45) is 0 Å². The van der Waals surface area contributed by atoms with Gasteiger partial charge >= 0.3 is 0 Å². The number of carbonyl (C=O) groups is 1. The van der Waals surface area contributed by atoms with E-state index in [9.17, 15) is 13.2 Å². The number of carbonyl (C=O) groups excluding carboxylic acids is 1. The van der Waals surface area contributed by atoms with Gasteiger partial charge in [-0.3, -0.25) is 14.8 Å². The molecule has 1 aliphatic heterocycles. The van der Waals surface area contributed by atoms with E-state index in [1.165, 1.54) is 11.3 Å². The van der Waals surface area contributed by atoms with Crippen molar-refractivity contribution in [3.8, 4) is 11.3 Å². The van der Waals surface area contributed by atoms with E-state index in [1.807, 2.05) is 5.38 Å². The molecule has 142 valence electrons. The predicted molar refractivity (Wildman–Crippen MR) is 105 cm³/mol. The third-order valence-corrected chi connectivity index (χ3v) is 4.80. The molecule has 1 aromatic heterocycles. The number of amides is 1. The largest absolute Gasteiger partial charge is 0.366 e. The molecule has 2 aromatic rings. The summed E-state index contributed by atoms with van der Waals surface area (Å²) in [5, 5.41) is 8.18. The van der Waals surface area contributed by atoms with E-state index in [1.54, 1.807) is 24.3 Å². The summed E-state index contributed by atoms with van der Waals surface area (Å²) >= 11 is 1.32. The number of rotatable bonds is 5. The minimum atomic E-state index is -3.30. The Morgan fingerprint density at radius 1 is 1.35 bits per heavy atom. The average Bonchev–Trinajstić information content (AvgIpc) is 3.03. The van der Waals surface area contributed by atoms with Gasteiger partial charge in [-0.25, -0.2) is 13.4 Å². The maximum absolute atomic E-state index is 12.1. The third kappa shape index (κ3) is 5.64. The molecule has 0 radical (unpaired) electrons. The smallest absolute Gasteiger partial charge is 0.256 e. The van der Waals surface area contributed by atoms with Crippen molar-refractivity contribution in [2.75, 3.05) is 36.0 Å². The first kappa shape index (κ1) is 20.6. The Hall–Kier alpha value is -1.72. The summed E-state index contributed by atoms with van der Waals surface area (Å²) < 4.78 is 30.2. The van der Waals surface area contributed by atoms with Crippen LogP contribution < -0.4 is 15.4 Å². The lowest BCUT2D eigenvalue weighted by Gasteiger charge is -2.22. The first-order valence-corrected chi connectivity index (χ1v) is 10.3. The summed E-state index contributed by atoms with van der Waals surface area (Å²) in [6.45, 7) is 1.74. The van der Waals surface area contributed by atoms with Crippen LogP contribution in [0.25, 0.3) is 11.3 Å². The number of hydrogen-bond acceptors (Lipinski definition) is 7. The van der Waals surface area contributed by atoms with E-state index in [0.29, 0.717) is 29.7 Å². The normalized spacial score (nSPS) is 17.2. The zero-order valence-electron chi connectivity index (χ0n) is 13.9. The molecular weight excluding hydrogens is 400 g/mol. The number of nitrogens with one attached hydrogen (secondary N) is 3. The number of morpholine rings is 1. The van der Waals surface area contributed by atoms with E-state index in [4.69, 9.17) is 4.74 Å². The van der Waals surface area contributed by atoms with Crippen LogP contribution in [-0.4, -0.2) is 51.4 Å². The second kappa shape index (κ2) is 8.78. The van der Waals surface area contributed by atoms with Gasteiger partial charge < -0.3 is 10.1 Å². The molecule has 1 fully saturated rings. The molecule has 1 saturated heterocycles. The number of benzene rings is 1. The zero-order chi connectivity index (χ0) is 17.9. The van der Waals surface area contributed by atoms with Crippen LogP contribution in [0.2, 0.25) is 0 Å². The number of halogens is 1. The summed E-state index contributed by atoms with van der Waals surface area (Å²) in [5.41, 5.74) is 2.01. The van der Waals surface area contributed by atoms with Gasteiger partial charge in [0, 0.05) is 29.7 Å². The molecular formula is C15H19ClN4O4S2. The minimum Gasteiger partial charge on any atom is -0.366 e. The van der Waals surface area contributed by atoms with Crippen LogP contribution in [0, 0.1) is 0 Å². The fourth-order valence-electron chi connectivity index (χ4n) is 2.31. The highest BCUT2D eigenvalue weighted by Crippen LogP contribution is 2.26. The van der Waals surface area contributed by atoms with Gasteiger partial charge in [-0.2, -0.15) is 0 Å². The molecule has 3 N–H and O–H groups in total. The molecule has 8 nitrogen and oxygen atoms in total. The Morgan fingerprint density at radius 2 is 2.08 bits per heavy atom. The number of nitrogens with zero attached hydrogens (tertiary/aromatic N) is 1. The second-order valence-electron chi connectivity index (χ2n) is 5.54. The molecule has 1 aromatic carbocycles. The lowest BCUT2D eigenvalue weighted by atomic mass is 10.1. The Morgan fingerprint density at radius 3 is 2.69 bits per heavy atom. The van der Waals surface area contributed by atoms with Crippen LogP contribution in [0.5, 0.6) is 0 Å². The van der Waals surface area contributed by atoms with Crippen molar-refractivity contribution in [3.05, 3.63) is 29.6 Å². The molecule has 1 unspecified atom stereocenters. The Kier molecular flexibility index (Phi) is 6.95. The highest BCUT2D eigenvalue weighted by molar-refractivity contribution is 7.92. The van der Waals surface area contributed by atoms with Crippen molar-refractivity contribution in [2.45, 2.75) is 6.10 Å². The van der Waals surface area contributed by atoms with E-state index < -0.39 is 16.1 Å². The number of anilines is 2. The molecule has 0 aliphatic carbocycles. The van der Waals surface area contributed by atoms with E-state index in [2.05, 4.69) is 20.3 Å². The van der Waals surface area contributed by atoms with Crippen LogP contribution in [0.4, 0.5) is 10.8 Å². The second-order valence-corrected chi connectivity index (χ2v) is 8.15. The lowest BCUT2D eigenvalue weighted by molar-refractivity contribution is -0.128. The Bertz CT molecular complexity index is 849. The van der Waals surface area contributed by atoms with Gasteiger partial charge in [0.1, 0.15) is 6.10 Å². The fourth-order valence-corrected chi connectivity index (χ4v) is 3.59. The average molecular weight is 419 g/mol. The van der Waals surface area contributed by atoms with Crippen LogP contribution in [-0.2, 0) is 19.6 Å². The van der Waals surface area contributed by atoms with Gasteiger partial charge in [0.05, 0.1) is 18.6 Å². The maximum Gasteiger partial charge on any atom is 0.256 e. The lowest BCUT2D eigenvalue weighted by Crippen LogP contribution is -2.45. The molecule has 11 heteroatoms. The monoisotopic (exact) mass is 418 g/mol. The number of hydrogen-bond donors (Lipinski definition) is 3. The molecule has 0 spiro atoms.